The molecule has 1 aliphatic heterocycles. The van der Waals surface area contributed by atoms with Gasteiger partial charge in [0.2, 0.25) is 0 Å². The largest absolute Gasteiger partial charge is 0.370 e. The summed E-state index contributed by atoms with van der Waals surface area (Å²) in [4.78, 5) is 26.5. The lowest BCUT2D eigenvalue weighted by Gasteiger charge is -2.35. The second-order valence-electron chi connectivity index (χ2n) is 6.27. The van der Waals surface area contributed by atoms with E-state index in [-0.39, 0.29) is 5.91 Å². The van der Waals surface area contributed by atoms with Crippen molar-refractivity contribution in [3.63, 3.8) is 0 Å². The molecule has 3 heterocycles. The lowest BCUT2D eigenvalue weighted by atomic mass is 10.2. The predicted octanol–water partition coefficient (Wildman–Crippen LogP) is 1.98. The first-order chi connectivity index (χ1) is 12.6. The van der Waals surface area contributed by atoms with Crippen molar-refractivity contribution in [2.24, 2.45) is 0 Å². The van der Waals surface area contributed by atoms with Crippen molar-refractivity contribution in [2.75, 3.05) is 42.9 Å². The van der Waals surface area contributed by atoms with Crippen molar-refractivity contribution in [1.82, 2.24) is 24.5 Å². The van der Waals surface area contributed by atoms with Crippen LogP contribution < -0.4 is 10.2 Å². The maximum Gasteiger partial charge on any atom is 0.267 e. The molecule has 1 amide bonds. The highest BCUT2D eigenvalue weighted by Gasteiger charge is 2.26. The van der Waals surface area contributed by atoms with Gasteiger partial charge in [0.1, 0.15) is 22.3 Å². The van der Waals surface area contributed by atoms with Crippen molar-refractivity contribution >= 4 is 29.1 Å². The van der Waals surface area contributed by atoms with E-state index in [2.05, 4.69) is 36.7 Å². The number of piperazine rings is 1. The number of hydrogen-bond donors (Lipinski definition) is 1. The lowest BCUT2D eigenvalue weighted by molar-refractivity contribution is 0.0750. The van der Waals surface area contributed by atoms with Crippen molar-refractivity contribution in [1.29, 1.82) is 0 Å². The van der Waals surface area contributed by atoms with Crippen LogP contribution in [0.2, 0.25) is 0 Å². The molecule has 2 aromatic heterocycles. The molecule has 26 heavy (non-hydrogen) atoms. The fourth-order valence-electron chi connectivity index (χ4n) is 3.04. The van der Waals surface area contributed by atoms with E-state index < -0.39 is 0 Å². The van der Waals surface area contributed by atoms with Gasteiger partial charge in [0.25, 0.3) is 5.91 Å². The Balaban J connectivity index is 1.65. The molecular formula is C17H25N7OS. The Morgan fingerprint density at radius 1 is 1.23 bits per heavy atom. The van der Waals surface area contributed by atoms with Crippen LogP contribution in [-0.4, -0.2) is 63.1 Å². The third-order valence-electron chi connectivity index (χ3n) is 4.31. The second-order valence-corrected chi connectivity index (χ2v) is 7.02. The molecule has 0 aromatic carbocycles. The Morgan fingerprint density at radius 2 is 2.00 bits per heavy atom. The fraction of sp³-hybridized carbons (Fsp3) is 0.588. The van der Waals surface area contributed by atoms with Gasteiger partial charge in [-0.05, 0) is 31.8 Å². The Hall–Kier alpha value is -2.29. The molecule has 1 aliphatic rings. The average Bonchev–Trinajstić information content (AvgIpc) is 3.10. The highest BCUT2D eigenvalue weighted by atomic mass is 32.1. The summed E-state index contributed by atoms with van der Waals surface area (Å²) in [5.74, 6) is 2.55. The van der Waals surface area contributed by atoms with Crippen LogP contribution in [0.25, 0.3) is 0 Å². The minimum absolute atomic E-state index is 0.0512. The Bertz CT molecular complexity index is 755. The van der Waals surface area contributed by atoms with Gasteiger partial charge in [0.05, 0.1) is 5.69 Å². The summed E-state index contributed by atoms with van der Waals surface area (Å²) in [6, 6.07) is 1.97. The van der Waals surface area contributed by atoms with Crippen LogP contribution in [0.15, 0.2) is 6.07 Å². The zero-order chi connectivity index (χ0) is 18.5. The maximum absolute atomic E-state index is 12.8. The SMILES string of the molecule is CCCc1nnsc1C(=O)N1CCN(c2cc(NCC)nc(C)n2)CC1. The zero-order valence-electron chi connectivity index (χ0n) is 15.5. The molecule has 0 saturated carbocycles. The van der Waals surface area contributed by atoms with Gasteiger partial charge >= 0.3 is 0 Å². The van der Waals surface area contributed by atoms with Crippen LogP contribution >= 0.6 is 11.5 Å². The molecule has 0 bridgehead atoms. The van der Waals surface area contributed by atoms with Crippen LogP contribution in [0.4, 0.5) is 11.6 Å². The first kappa shape index (κ1) is 18.5. The van der Waals surface area contributed by atoms with Crippen molar-refractivity contribution in [3.8, 4) is 0 Å². The Labute approximate surface area is 157 Å². The van der Waals surface area contributed by atoms with Gasteiger partial charge in [-0.2, -0.15) is 0 Å². The smallest absolute Gasteiger partial charge is 0.267 e. The van der Waals surface area contributed by atoms with Crippen LogP contribution in [0, 0.1) is 6.92 Å². The van der Waals surface area contributed by atoms with Crippen molar-refractivity contribution in [2.45, 2.75) is 33.6 Å². The van der Waals surface area contributed by atoms with Crippen LogP contribution in [0.5, 0.6) is 0 Å². The maximum atomic E-state index is 12.8. The van der Waals surface area contributed by atoms with Gasteiger partial charge in [0.15, 0.2) is 0 Å². The molecule has 1 fully saturated rings. The summed E-state index contributed by atoms with van der Waals surface area (Å²) in [5.41, 5.74) is 0.826. The van der Waals surface area contributed by atoms with E-state index in [1.54, 1.807) is 0 Å². The van der Waals surface area contributed by atoms with Crippen molar-refractivity contribution < 1.29 is 4.79 Å². The molecular weight excluding hydrogens is 350 g/mol. The number of carbonyl (C=O) groups is 1. The topological polar surface area (TPSA) is 87.1 Å². The van der Waals surface area contributed by atoms with E-state index >= 15 is 0 Å². The summed E-state index contributed by atoms with van der Waals surface area (Å²) in [6.07, 6.45) is 1.76. The third kappa shape index (κ3) is 4.09. The zero-order valence-corrected chi connectivity index (χ0v) is 16.3. The Morgan fingerprint density at radius 3 is 2.69 bits per heavy atom. The number of nitrogens with zero attached hydrogens (tertiary/aromatic N) is 6. The van der Waals surface area contributed by atoms with E-state index in [1.807, 2.05) is 24.8 Å². The molecule has 8 nitrogen and oxygen atoms in total. The first-order valence-corrected chi connectivity index (χ1v) is 9.84. The molecule has 2 aromatic rings. The monoisotopic (exact) mass is 375 g/mol. The molecule has 3 rings (SSSR count). The normalized spacial score (nSPS) is 14.6. The summed E-state index contributed by atoms with van der Waals surface area (Å²) in [5, 5.41) is 7.34. The van der Waals surface area contributed by atoms with Crippen LogP contribution in [0.3, 0.4) is 0 Å². The Kier molecular flexibility index (Phi) is 5.97. The van der Waals surface area contributed by atoms with Gasteiger partial charge < -0.3 is 15.1 Å². The standard InChI is InChI=1S/C17H25N7OS/c1-4-6-13-16(26-22-21-13)17(25)24-9-7-23(8-10-24)15-11-14(18-5-2)19-12(3)20-15/h11H,4-10H2,1-3H3,(H,18,19,20). The first-order valence-electron chi connectivity index (χ1n) is 9.07. The molecule has 0 atom stereocenters. The van der Waals surface area contributed by atoms with Crippen LogP contribution in [0.1, 0.15) is 41.5 Å². The molecule has 140 valence electrons. The minimum Gasteiger partial charge on any atom is -0.370 e. The number of nitrogens with one attached hydrogen (secondary N) is 1. The van der Waals surface area contributed by atoms with Gasteiger partial charge in [-0.1, -0.05) is 17.8 Å². The van der Waals surface area contributed by atoms with Gasteiger partial charge in [0, 0.05) is 38.8 Å². The van der Waals surface area contributed by atoms with Gasteiger partial charge in [-0.3, -0.25) is 4.79 Å². The van der Waals surface area contributed by atoms with E-state index in [4.69, 9.17) is 0 Å². The highest BCUT2D eigenvalue weighted by molar-refractivity contribution is 7.08. The second kappa shape index (κ2) is 8.39. The number of aryl methyl sites for hydroxylation is 2. The highest BCUT2D eigenvalue weighted by Crippen LogP contribution is 2.20. The van der Waals surface area contributed by atoms with E-state index in [1.165, 1.54) is 11.5 Å². The fourth-order valence-corrected chi connectivity index (χ4v) is 3.72. The molecule has 0 aliphatic carbocycles. The average molecular weight is 376 g/mol. The molecule has 0 radical (unpaired) electrons. The minimum atomic E-state index is 0.0512. The number of carbonyl (C=O) groups excluding carboxylic acids is 1. The van der Waals surface area contributed by atoms with Crippen molar-refractivity contribution in [3.05, 3.63) is 22.5 Å². The van der Waals surface area contributed by atoms with E-state index in [0.29, 0.717) is 18.0 Å². The molecule has 1 N–H and O–H groups in total. The van der Waals surface area contributed by atoms with Crippen LogP contribution in [-0.2, 0) is 6.42 Å². The molecule has 0 spiro atoms. The molecule has 1 saturated heterocycles. The van der Waals surface area contributed by atoms with E-state index in [0.717, 1.165) is 55.6 Å². The van der Waals surface area contributed by atoms with E-state index in [9.17, 15) is 4.79 Å². The quantitative estimate of drug-likeness (QED) is 0.826. The molecule has 9 heteroatoms. The number of anilines is 2. The lowest BCUT2D eigenvalue weighted by Crippen LogP contribution is -2.49. The summed E-state index contributed by atoms with van der Waals surface area (Å²) >= 11 is 1.20. The summed E-state index contributed by atoms with van der Waals surface area (Å²) < 4.78 is 3.97. The number of aromatic nitrogens is 4. The number of hydrogen-bond acceptors (Lipinski definition) is 8. The molecule has 0 unspecified atom stereocenters. The van der Waals surface area contributed by atoms with Gasteiger partial charge in [-0.15, -0.1) is 5.10 Å². The predicted molar refractivity (Wildman–Crippen MR) is 103 cm³/mol. The summed E-state index contributed by atoms with van der Waals surface area (Å²) in [7, 11) is 0. The third-order valence-corrected chi connectivity index (χ3v) is 5.07. The number of rotatable bonds is 6. The van der Waals surface area contributed by atoms with Gasteiger partial charge in [-0.25, -0.2) is 9.97 Å². The summed E-state index contributed by atoms with van der Waals surface area (Å²) in [6.45, 7) is 9.69. The number of amides is 1.